The summed E-state index contributed by atoms with van der Waals surface area (Å²) >= 11 is 0. The van der Waals surface area contributed by atoms with E-state index in [-0.39, 0.29) is 18.3 Å². The minimum absolute atomic E-state index is 0. The summed E-state index contributed by atoms with van der Waals surface area (Å²) in [5.41, 5.74) is 9.08. The number of hydrogen-bond acceptors (Lipinski definition) is 3. The summed E-state index contributed by atoms with van der Waals surface area (Å²) in [5.74, 6) is 0.614. The van der Waals surface area contributed by atoms with Gasteiger partial charge in [0.05, 0.1) is 13.2 Å². The normalized spacial score (nSPS) is 11.3. The van der Waals surface area contributed by atoms with Gasteiger partial charge in [-0.15, -0.1) is 12.4 Å². The molecule has 5 heteroatoms. The molecule has 0 radical (unpaired) electrons. The topological polar surface area (TPSA) is 64.3 Å². The molecule has 0 bridgehead atoms. The van der Waals surface area contributed by atoms with Crippen molar-refractivity contribution in [2.75, 3.05) is 7.11 Å². The zero-order chi connectivity index (χ0) is 15.9. The van der Waals surface area contributed by atoms with Crippen LogP contribution in [0, 0.1) is 6.92 Å². The maximum atomic E-state index is 12.1. The van der Waals surface area contributed by atoms with Gasteiger partial charge in [0.1, 0.15) is 5.75 Å². The van der Waals surface area contributed by atoms with Crippen molar-refractivity contribution in [3.05, 3.63) is 65.2 Å². The maximum absolute atomic E-state index is 12.1. The SMILES string of the molecule is COc1cc(C)ccc1CNC(=O)[C@@H](N)Cc1ccccc1.Cl. The minimum Gasteiger partial charge on any atom is -0.496 e. The van der Waals surface area contributed by atoms with Crippen LogP contribution < -0.4 is 15.8 Å². The van der Waals surface area contributed by atoms with Crippen LogP contribution >= 0.6 is 12.4 Å². The highest BCUT2D eigenvalue weighted by Crippen LogP contribution is 2.19. The lowest BCUT2D eigenvalue weighted by Crippen LogP contribution is -2.41. The van der Waals surface area contributed by atoms with Crippen molar-refractivity contribution < 1.29 is 9.53 Å². The largest absolute Gasteiger partial charge is 0.496 e. The first-order valence-corrected chi connectivity index (χ1v) is 7.31. The molecule has 4 nitrogen and oxygen atoms in total. The summed E-state index contributed by atoms with van der Waals surface area (Å²) in [6.45, 7) is 2.41. The highest BCUT2D eigenvalue weighted by Gasteiger charge is 2.14. The molecular weight excluding hydrogens is 312 g/mol. The summed E-state index contributed by atoms with van der Waals surface area (Å²) in [4.78, 5) is 12.1. The molecule has 0 heterocycles. The van der Waals surface area contributed by atoms with E-state index in [0.717, 1.165) is 22.4 Å². The highest BCUT2D eigenvalue weighted by atomic mass is 35.5. The van der Waals surface area contributed by atoms with Gasteiger partial charge in [0.25, 0.3) is 0 Å². The Morgan fingerprint density at radius 2 is 1.91 bits per heavy atom. The molecule has 2 aromatic carbocycles. The molecule has 3 N–H and O–H groups in total. The average Bonchev–Trinajstić information content (AvgIpc) is 2.54. The van der Waals surface area contributed by atoms with E-state index in [9.17, 15) is 4.79 Å². The Kier molecular flexibility index (Phi) is 7.59. The Bertz CT molecular complexity index is 632. The lowest BCUT2D eigenvalue weighted by atomic mass is 10.1. The molecule has 0 aliphatic carbocycles. The summed E-state index contributed by atoms with van der Waals surface area (Å²) in [5, 5.41) is 2.87. The number of carbonyl (C=O) groups excluding carboxylic acids is 1. The van der Waals surface area contributed by atoms with E-state index in [2.05, 4.69) is 5.32 Å². The third kappa shape index (κ3) is 5.58. The number of benzene rings is 2. The summed E-state index contributed by atoms with van der Waals surface area (Å²) < 4.78 is 5.33. The Morgan fingerprint density at radius 1 is 1.22 bits per heavy atom. The first-order valence-electron chi connectivity index (χ1n) is 7.31. The number of amides is 1. The van der Waals surface area contributed by atoms with Crippen molar-refractivity contribution in [3.63, 3.8) is 0 Å². The molecular formula is C18H23ClN2O2. The third-order valence-corrected chi connectivity index (χ3v) is 3.53. The van der Waals surface area contributed by atoms with E-state index in [1.165, 1.54) is 0 Å². The van der Waals surface area contributed by atoms with Crippen LogP contribution in [0.3, 0.4) is 0 Å². The Morgan fingerprint density at radius 3 is 2.57 bits per heavy atom. The monoisotopic (exact) mass is 334 g/mol. The molecule has 0 aromatic heterocycles. The van der Waals surface area contributed by atoms with Crippen molar-refractivity contribution in [1.82, 2.24) is 5.32 Å². The first kappa shape index (κ1) is 19.0. The lowest BCUT2D eigenvalue weighted by molar-refractivity contribution is -0.122. The molecule has 0 aliphatic rings. The zero-order valence-corrected chi connectivity index (χ0v) is 14.2. The van der Waals surface area contributed by atoms with Gasteiger partial charge >= 0.3 is 0 Å². The van der Waals surface area contributed by atoms with Crippen LogP contribution in [0.15, 0.2) is 48.5 Å². The van der Waals surface area contributed by atoms with E-state index in [1.807, 2.05) is 55.5 Å². The number of carbonyl (C=O) groups is 1. The standard InChI is InChI=1S/C18H22N2O2.ClH/c1-13-8-9-15(17(10-13)22-2)12-20-18(21)16(19)11-14-6-4-3-5-7-14;/h3-10,16H,11-12,19H2,1-2H3,(H,20,21);1H/t16-;/m0./s1. The van der Waals surface area contributed by atoms with Crippen molar-refractivity contribution in [3.8, 4) is 5.75 Å². The van der Waals surface area contributed by atoms with Gasteiger partial charge < -0.3 is 15.8 Å². The lowest BCUT2D eigenvalue weighted by Gasteiger charge is -2.14. The second-order valence-electron chi connectivity index (χ2n) is 5.33. The van der Waals surface area contributed by atoms with Gasteiger partial charge in [-0.2, -0.15) is 0 Å². The Labute approximate surface area is 143 Å². The average molecular weight is 335 g/mol. The van der Waals surface area contributed by atoms with E-state index in [0.29, 0.717) is 13.0 Å². The predicted molar refractivity (Wildman–Crippen MR) is 94.9 cm³/mol. The molecule has 1 amide bonds. The number of hydrogen-bond donors (Lipinski definition) is 2. The molecule has 0 aliphatic heterocycles. The number of nitrogens with one attached hydrogen (secondary N) is 1. The number of aryl methyl sites for hydroxylation is 1. The fourth-order valence-corrected chi connectivity index (χ4v) is 2.27. The molecule has 2 rings (SSSR count). The second-order valence-corrected chi connectivity index (χ2v) is 5.33. The molecule has 1 atom stereocenters. The van der Waals surface area contributed by atoms with Crippen LogP contribution in [-0.2, 0) is 17.8 Å². The fraction of sp³-hybridized carbons (Fsp3) is 0.278. The van der Waals surface area contributed by atoms with Crippen LogP contribution in [0.1, 0.15) is 16.7 Å². The van der Waals surface area contributed by atoms with Crippen LogP contribution in [0.5, 0.6) is 5.75 Å². The first-order chi connectivity index (χ1) is 10.6. The van der Waals surface area contributed by atoms with Gasteiger partial charge in [0, 0.05) is 12.1 Å². The highest BCUT2D eigenvalue weighted by molar-refractivity contribution is 5.85. The van der Waals surface area contributed by atoms with Gasteiger partial charge in [0.2, 0.25) is 5.91 Å². The van der Waals surface area contributed by atoms with Gasteiger partial charge in [-0.3, -0.25) is 4.79 Å². The predicted octanol–water partition coefficient (Wildman–Crippen LogP) is 2.61. The van der Waals surface area contributed by atoms with Crippen molar-refractivity contribution >= 4 is 18.3 Å². The smallest absolute Gasteiger partial charge is 0.237 e. The van der Waals surface area contributed by atoms with Gasteiger partial charge in [-0.25, -0.2) is 0 Å². The van der Waals surface area contributed by atoms with Gasteiger partial charge in [-0.1, -0.05) is 42.5 Å². The van der Waals surface area contributed by atoms with Crippen LogP contribution in [0.25, 0.3) is 0 Å². The second kappa shape index (κ2) is 9.18. The van der Waals surface area contributed by atoms with Crippen LogP contribution in [0.4, 0.5) is 0 Å². The van der Waals surface area contributed by atoms with Crippen molar-refractivity contribution in [2.45, 2.75) is 25.9 Å². The quantitative estimate of drug-likeness (QED) is 0.853. The Hall–Kier alpha value is -2.04. The summed E-state index contributed by atoms with van der Waals surface area (Å²) in [6, 6.07) is 15.1. The number of rotatable bonds is 6. The number of halogens is 1. The van der Waals surface area contributed by atoms with Crippen LogP contribution in [0.2, 0.25) is 0 Å². The number of nitrogens with two attached hydrogens (primary N) is 1. The van der Waals surface area contributed by atoms with Gasteiger partial charge in [0.15, 0.2) is 0 Å². The van der Waals surface area contributed by atoms with Crippen LogP contribution in [-0.4, -0.2) is 19.1 Å². The number of ether oxygens (including phenoxy) is 1. The summed E-state index contributed by atoms with van der Waals surface area (Å²) in [6.07, 6.45) is 0.526. The van der Waals surface area contributed by atoms with Gasteiger partial charge in [-0.05, 0) is 30.5 Å². The summed E-state index contributed by atoms with van der Waals surface area (Å²) in [7, 11) is 1.63. The van der Waals surface area contributed by atoms with Crippen molar-refractivity contribution in [1.29, 1.82) is 0 Å². The molecule has 0 unspecified atom stereocenters. The third-order valence-electron chi connectivity index (χ3n) is 3.53. The van der Waals surface area contributed by atoms with E-state index >= 15 is 0 Å². The molecule has 0 saturated heterocycles. The molecule has 23 heavy (non-hydrogen) atoms. The minimum atomic E-state index is -0.557. The molecule has 0 saturated carbocycles. The molecule has 2 aromatic rings. The van der Waals surface area contributed by atoms with E-state index in [4.69, 9.17) is 10.5 Å². The van der Waals surface area contributed by atoms with E-state index < -0.39 is 6.04 Å². The maximum Gasteiger partial charge on any atom is 0.237 e. The Balaban J connectivity index is 0.00000264. The fourth-order valence-electron chi connectivity index (χ4n) is 2.27. The van der Waals surface area contributed by atoms with Crippen molar-refractivity contribution in [2.24, 2.45) is 5.73 Å². The molecule has 124 valence electrons. The number of methoxy groups -OCH3 is 1. The molecule has 0 fully saturated rings. The van der Waals surface area contributed by atoms with E-state index in [1.54, 1.807) is 7.11 Å². The molecule has 0 spiro atoms. The zero-order valence-electron chi connectivity index (χ0n) is 13.4.